The minimum absolute atomic E-state index is 0.141. The van der Waals surface area contributed by atoms with Gasteiger partial charge in [0.1, 0.15) is 0 Å². The molecule has 1 aromatic rings. The number of rotatable bonds is 4. The molecule has 0 aromatic heterocycles. The van der Waals surface area contributed by atoms with E-state index in [9.17, 15) is 4.79 Å². The van der Waals surface area contributed by atoms with Crippen LogP contribution in [0.1, 0.15) is 24.3 Å². The molecule has 1 heterocycles. The van der Waals surface area contributed by atoms with Crippen LogP contribution < -0.4 is 16.4 Å². The highest BCUT2D eigenvalue weighted by molar-refractivity contribution is 6.28. The highest BCUT2D eigenvalue weighted by Gasteiger charge is 2.17. The number of nitrogens with one attached hydrogen (secondary N) is 3. The van der Waals surface area contributed by atoms with E-state index in [2.05, 4.69) is 22.8 Å². The number of allylic oxidation sites excluding steroid dienone is 4. The van der Waals surface area contributed by atoms with Gasteiger partial charge in [-0.15, -0.1) is 0 Å². The fraction of sp³-hybridized carbons (Fsp3) is 0.263. The molecule has 0 unspecified atom stereocenters. The van der Waals surface area contributed by atoms with E-state index in [0.717, 1.165) is 18.8 Å². The second kappa shape index (κ2) is 7.27. The Morgan fingerprint density at radius 2 is 2.12 bits per heavy atom. The lowest BCUT2D eigenvalue weighted by Crippen LogP contribution is -2.28. The van der Waals surface area contributed by atoms with Gasteiger partial charge in [-0.2, -0.15) is 0 Å². The van der Waals surface area contributed by atoms with E-state index in [1.165, 1.54) is 18.4 Å². The summed E-state index contributed by atoms with van der Waals surface area (Å²) in [4.78, 5) is 11.3. The van der Waals surface area contributed by atoms with Crippen molar-refractivity contribution in [3.8, 4) is 0 Å². The Bertz CT molecular complexity index is 722. The SMILES string of the molecule is N=C1C(C(N)=O)=CC=C/C1=C/Nc1ccc([C@@H]2CCCNC2)cc1. The molecule has 0 bridgehead atoms. The molecule has 1 aliphatic heterocycles. The molecule has 24 heavy (non-hydrogen) atoms. The number of nitrogens with two attached hydrogens (primary N) is 1. The normalized spacial score (nSPS) is 22.3. The lowest BCUT2D eigenvalue weighted by molar-refractivity contribution is -0.114. The van der Waals surface area contributed by atoms with Crippen LogP contribution in [-0.4, -0.2) is 24.7 Å². The van der Waals surface area contributed by atoms with Gasteiger partial charge in [0.25, 0.3) is 5.91 Å². The number of carbonyl (C=O) groups excluding carboxylic acids is 1. The Kier molecular flexibility index (Phi) is 4.91. The van der Waals surface area contributed by atoms with Gasteiger partial charge in [0.05, 0.1) is 11.3 Å². The molecular weight excluding hydrogens is 300 g/mol. The molecule has 124 valence electrons. The van der Waals surface area contributed by atoms with E-state index >= 15 is 0 Å². The zero-order chi connectivity index (χ0) is 16.9. The Labute approximate surface area is 141 Å². The molecule has 5 heteroatoms. The molecule has 0 saturated carbocycles. The van der Waals surface area contributed by atoms with E-state index in [4.69, 9.17) is 11.1 Å². The first kappa shape index (κ1) is 16.2. The predicted molar refractivity (Wildman–Crippen MR) is 97.1 cm³/mol. The zero-order valence-corrected chi connectivity index (χ0v) is 13.5. The van der Waals surface area contributed by atoms with Crippen LogP contribution in [0.4, 0.5) is 5.69 Å². The molecule has 3 rings (SSSR count). The maximum Gasteiger partial charge on any atom is 0.250 e. The van der Waals surface area contributed by atoms with Crippen molar-refractivity contribution in [2.45, 2.75) is 18.8 Å². The van der Waals surface area contributed by atoms with Crippen LogP contribution >= 0.6 is 0 Å². The van der Waals surface area contributed by atoms with Gasteiger partial charge in [-0.05, 0) is 49.1 Å². The highest BCUT2D eigenvalue weighted by atomic mass is 16.1. The predicted octanol–water partition coefficient (Wildman–Crippen LogP) is 2.45. The molecule has 5 N–H and O–H groups in total. The van der Waals surface area contributed by atoms with Crippen molar-refractivity contribution < 1.29 is 4.79 Å². The third-order valence-corrected chi connectivity index (χ3v) is 4.44. The van der Waals surface area contributed by atoms with Crippen molar-refractivity contribution in [2.75, 3.05) is 18.4 Å². The molecule has 2 aliphatic rings. The van der Waals surface area contributed by atoms with Gasteiger partial charge in [-0.1, -0.05) is 24.3 Å². The second-order valence-electron chi connectivity index (χ2n) is 6.09. The monoisotopic (exact) mass is 322 g/mol. The number of hydrogen-bond donors (Lipinski definition) is 4. The summed E-state index contributed by atoms with van der Waals surface area (Å²) in [7, 11) is 0. The van der Waals surface area contributed by atoms with Crippen LogP contribution in [0.25, 0.3) is 0 Å². The largest absolute Gasteiger partial charge is 0.366 e. The van der Waals surface area contributed by atoms with Crippen LogP contribution in [0.3, 0.4) is 0 Å². The Hall–Kier alpha value is -2.66. The second-order valence-corrected chi connectivity index (χ2v) is 6.09. The highest BCUT2D eigenvalue weighted by Crippen LogP contribution is 2.24. The van der Waals surface area contributed by atoms with E-state index in [1.807, 2.05) is 12.1 Å². The van der Waals surface area contributed by atoms with Crippen molar-refractivity contribution in [3.63, 3.8) is 0 Å². The smallest absolute Gasteiger partial charge is 0.250 e. The summed E-state index contributed by atoms with van der Waals surface area (Å²) in [5.41, 5.74) is 8.58. The fourth-order valence-electron chi connectivity index (χ4n) is 3.04. The number of carbonyl (C=O) groups is 1. The first-order chi connectivity index (χ1) is 11.6. The summed E-state index contributed by atoms with van der Waals surface area (Å²) in [5.74, 6) is 0.00423. The molecular formula is C19H22N4O. The third kappa shape index (κ3) is 3.63. The van der Waals surface area contributed by atoms with Gasteiger partial charge in [0.2, 0.25) is 0 Å². The van der Waals surface area contributed by atoms with Crippen molar-refractivity contribution >= 4 is 17.3 Å². The lowest BCUT2D eigenvalue weighted by atomic mass is 9.91. The Balaban J connectivity index is 1.66. The number of amides is 1. The molecule has 1 fully saturated rings. The minimum atomic E-state index is -0.583. The molecule has 1 amide bonds. The van der Waals surface area contributed by atoms with Gasteiger partial charge in [0, 0.05) is 24.0 Å². The molecule has 1 atom stereocenters. The lowest BCUT2D eigenvalue weighted by Gasteiger charge is -2.23. The topological polar surface area (TPSA) is 91.0 Å². The molecule has 0 spiro atoms. The fourth-order valence-corrected chi connectivity index (χ4v) is 3.04. The molecule has 0 radical (unpaired) electrons. The number of primary amides is 1. The number of piperidine rings is 1. The van der Waals surface area contributed by atoms with Crippen molar-refractivity contribution in [1.82, 2.24) is 5.32 Å². The average molecular weight is 322 g/mol. The van der Waals surface area contributed by atoms with E-state index < -0.39 is 5.91 Å². The summed E-state index contributed by atoms with van der Waals surface area (Å²) >= 11 is 0. The summed E-state index contributed by atoms with van der Waals surface area (Å²) < 4.78 is 0. The Morgan fingerprint density at radius 3 is 2.79 bits per heavy atom. The summed E-state index contributed by atoms with van der Waals surface area (Å²) in [6.07, 6.45) is 9.25. The quantitative estimate of drug-likeness (QED) is 0.686. The van der Waals surface area contributed by atoms with E-state index in [0.29, 0.717) is 11.5 Å². The standard InChI is InChI=1S/C19H22N4O/c20-18-15(3-1-5-17(18)19(21)24)12-23-16-8-6-13(7-9-16)14-4-2-10-22-11-14/h1,3,5-9,12,14,20,22-23H,2,4,10-11H2,(H2,21,24)/b15-12-,20-18?/t14-/m1/s1. The number of hydrogen-bond acceptors (Lipinski definition) is 4. The number of anilines is 1. The third-order valence-electron chi connectivity index (χ3n) is 4.44. The van der Waals surface area contributed by atoms with Gasteiger partial charge in [-0.3, -0.25) is 10.2 Å². The van der Waals surface area contributed by atoms with Gasteiger partial charge >= 0.3 is 0 Å². The average Bonchev–Trinajstić information content (AvgIpc) is 2.62. The molecule has 5 nitrogen and oxygen atoms in total. The van der Waals surface area contributed by atoms with E-state index in [1.54, 1.807) is 24.4 Å². The summed E-state index contributed by atoms with van der Waals surface area (Å²) in [6, 6.07) is 8.38. The summed E-state index contributed by atoms with van der Waals surface area (Å²) in [6.45, 7) is 2.16. The van der Waals surface area contributed by atoms with Crippen LogP contribution in [0, 0.1) is 5.41 Å². The molecule has 1 saturated heterocycles. The van der Waals surface area contributed by atoms with Gasteiger partial charge < -0.3 is 16.4 Å². The van der Waals surface area contributed by atoms with Gasteiger partial charge in [-0.25, -0.2) is 0 Å². The van der Waals surface area contributed by atoms with Crippen LogP contribution in [-0.2, 0) is 4.79 Å². The van der Waals surface area contributed by atoms with Crippen LogP contribution in [0.5, 0.6) is 0 Å². The summed E-state index contributed by atoms with van der Waals surface area (Å²) in [5, 5.41) is 14.7. The van der Waals surface area contributed by atoms with Gasteiger partial charge in [0.15, 0.2) is 0 Å². The van der Waals surface area contributed by atoms with Crippen molar-refractivity contribution in [2.24, 2.45) is 5.73 Å². The van der Waals surface area contributed by atoms with Crippen molar-refractivity contribution in [3.05, 3.63) is 65.4 Å². The first-order valence-corrected chi connectivity index (χ1v) is 8.20. The van der Waals surface area contributed by atoms with Crippen molar-refractivity contribution in [1.29, 1.82) is 5.41 Å². The first-order valence-electron chi connectivity index (χ1n) is 8.20. The van der Waals surface area contributed by atoms with E-state index in [-0.39, 0.29) is 11.3 Å². The number of benzene rings is 1. The van der Waals surface area contributed by atoms with Crippen LogP contribution in [0.15, 0.2) is 59.8 Å². The Morgan fingerprint density at radius 1 is 1.33 bits per heavy atom. The molecule has 1 aliphatic carbocycles. The maximum absolute atomic E-state index is 11.3. The molecule has 1 aromatic carbocycles. The minimum Gasteiger partial charge on any atom is -0.366 e. The van der Waals surface area contributed by atoms with Crippen LogP contribution in [0.2, 0.25) is 0 Å². The maximum atomic E-state index is 11.3. The zero-order valence-electron chi connectivity index (χ0n) is 13.5.